The molecule has 2 aromatic rings. The Morgan fingerprint density at radius 1 is 1.12 bits per heavy atom. The highest BCUT2D eigenvalue weighted by Crippen LogP contribution is 2.19. The van der Waals surface area contributed by atoms with Crippen LogP contribution in [0.2, 0.25) is 0 Å². The first-order chi connectivity index (χ1) is 7.65. The van der Waals surface area contributed by atoms with Gasteiger partial charge in [0.25, 0.3) is 0 Å². The number of rotatable bonds is 2. The molecular weight excluding hydrogens is 266 g/mol. The number of anilines is 2. The lowest BCUT2D eigenvalue weighted by Gasteiger charge is -2.08. The predicted octanol–water partition coefficient (Wildman–Crippen LogP) is 3.60. The van der Waals surface area contributed by atoms with E-state index < -0.39 is 0 Å². The van der Waals surface area contributed by atoms with Gasteiger partial charge in [-0.2, -0.15) is 0 Å². The average molecular weight is 278 g/mol. The summed E-state index contributed by atoms with van der Waals surface area (Å²) in [6, 6.07) is 6.23. The van der Waals surface area contributed by atoms with Gasteiger partial charge < -0.3 is 5.32 Å². The van der Waals surface area contributed by atoms with Gasteiger partial charge in [-0.15, -0.1) is 0 Å². The molecule has 82 valence electrons. The second-order valence-electron chi connectivity index (χ2n) is 3.67. The van der Waals surface area contributed by atoms with Gasteiger partial charge >= 0.3 is 0 Å². The van der Waals surface area contributed by atoms with Gasteiger partial charge in [-0.25, -0.2) is 9.97 Å². The fourth-order valence-corrected chi connectivity index (χ4v) is 1.66. The molecular formula is C12H12BrN3. The monoisotopic (exact) mass is 277 g/mol. The lowest BCUT2D eigenvalue weighted by molar-refractivity contribution is 1.15. The summed E-state index contributed by atoms with van der Waals surface area (Å²) < 4.78 is 0.874. The molecule has 0 spiro atoms. The van der Waals surface area contributed by atoms with Crippen molar-refractivity contribution < 1.29 is 0 Å². The molecule has 0 atom stereocenters. The molecule has 0 aliphatic rings. The van der Waals surface area contributed by atoms with Gasteiger partial charge in [0.2, 0.25) is 5.95 Å². The highest BCUT2D eigenvalue weighted by Gasteiger charge is 2.00. The molecule has 0 fully saturated rings. The predicted molar refractivity (Wildman–Crippen MR) is 68.9 cm³/mol. The number of hydrogen-bond acceptors (Lipinski definition) is 3. The van der Waals surface area contributed by atoms with E-state index in [1.165, 1.54) is 11.1 Å². The number of aromatic nitrogens is 2. The fraction of sp³-hybridized carbons (Fsp3) is 0.167. The minimum atomic E-state index is 0.607. The van der Waals surface area contributed by atoms with Crippen molar-refractivity contribution in [3.05, 3.63) is 46.2 Å². The maximum atomic E-state index is 4.17. The highest BCUT2D eigenvalue weighted by atomic mass is 79.9. The third kappa shape index (κ3) is 2.58. The number of nitrogens with zero attached hydrogens (tertiary/aromatic N) is 2. The quantitative estimate of drug-likeness (QED) is 0.912. The third-order valence-electron chi connectivity index (χ3n) is 2.25. The zero-order chi connectivity index (χ0) is 11.5. The minimum Gasteiger partial charge on any atom is -0.324 e. The van der Waals surface area contributed by atoms with E-state index in [9.17, 15) is 0 Å². The molecule has 0 radical (unpaired) electrons. The molecule has 1 N–H and O–H groups in total. The Morgan fingerprint density at radius 2 is 1.81 bits per heavy atom. The molecule has 0 saturated heterocycles. The SMILES string of the molecule is Cc1ccc(Nc2ncc(Br)cn2)c(C)c1. The standard InChI is InChI=1S/C12H12BrN3/c1-8-3-4-11(9(2)5-8)16-12-14-6-10(13)7-15-12/h3-7H,1-2H3,(H,14,15,16). The average Bonchev–Trinajstić information content (AvgIpc) is 2.25. The third-order valence-corrected chi connectivity index (χ3v) is 2.66. The topological polar surface area (TPSA) is 37.8 Å². The van der Waals surface area contributed by atoms with E-state index in [2.05, 4.69) is 57.2 Å². The van der Waals surface area contributed by atoms with Crippen LogP contribution in [0.25, 0.3) is 0 Å². The molecule has 3 nitrogen and oxygen atoms in total. The van der Waals surface area contributed by atoms with Crippen LogP contribution in [0, 0.1) is 13.8 Å². The number of halogens is 1. The molecule has 0 aliphatic carbocycles. The molecule has 1 aromatic carbocycles. The van der Waals surface area contributed by atoms with E-state index in [1.807, 2.05) is 6.07 Å². The Hall–Kier alpha value is -1.42. The molecule has 0 saturated carbocycles. The Labute approximate surface area is 103 Å². The Balaban J connectivity index is 2.23. The zero-order valence-electron chi connectivity index (χ0n) is 9.16. The van der Waals surface area contributed by atoms with Gasteiger partial charge in [0, 0.05) is 18.1 Å². The van der Waals surface area contributed by atoms with Crippen LogP contribution in [-0.2, 0) is 0 Å². The van der Waals surface area contributed by atoms with Crippen molar-refractivity contribution in [1.82, 2.24) is 9.97 Å². The summed E-state index contributed by atoms with van der Waals surface area (Å²) in [6.45, 7) is 4.14. The van der Waals surface area contributed by atoms with Gasteiger partial charge in [0.15, 0.2) is 0 Å². The molecule has 0 unspecified atom stereocenters. The first-order valence-corrected chi connectivity index (χ1v) is 5.76. The molecule has 2 rings (SSSR count). The van der Waals surface area contributed by atoms with Crippen molar-refractivity contribution in [2.75, 3.05) is 5.32 Å². The van der Waals surface area contributed by atoms with Gasteiger partial charge in [-0.3, -0.25) is 0 Å². The van der Waals surface area contributed by atoms with E-state index in [-0.39, 0.29) is 0 Å². The molecule has 1 heterocycles. The molecule has 16 heavy (non-hydrogen) atoms. The summed E-state index contributed by atoms with van der Waals surface area (Å²) >= 11 is 3.30. The minimum absolute atomic E-state index is 0.607. The van der Waals surface area contributed by atoms with Crippen molar-refractivity contribution in [3.8, 4) is 0 Å². The summed E-state index contributed by atoms with van der Waals surface area (Å²) in [7, 11) is 0. The molecule has 4 heteroatoms. The Kier molecular flexibility index (Phi) is 3.19. The van der Waals surface area contributed by atoms with Crippen LogP contribution in [0.15, 0.2) is 35.1 Å². The first-order valence-electron chi connectivity index (χ1n) is 4.97. The van der Waals surface area contributed by atoms with Crippen LogP contribution in [0.4, 0.5) is 11.6 Å². The first kappa shape index (κ1) is 11.1. The normalized spacial score (nSPS) is 10.2. The molecule has 1 aromatic heterocycles. The summed E-state index contributed by atoms with van der Waals surface area (Å²) in [5, 5.41) is 3.18. The number of aryl methyl sites for hydroxylation is 2. The van der Waals surface area contributed by atoms with E-state index in [4.69, 9.17) is 0 Å². The largest absolute Gasteiger partial charge is 0.324 e. The van der Waals surface area contributed by atoms with Crippen LogP contribution >= 0.6 is 15.9 Å². The molecule has 0 bridgehead atoms. The van der Waals surface area contributed by atoms with Crippen molar-refractivity contribution in [3.63, 3.8) is 0 Å². The maximum Gasteiger partial charge on any atom is 0.227 e. The Bertz CT molecular complexity index is 494. The summed E-state index contributed by atoms with van der Waals surface area (Å²) in [6.07, 6.45) is 3.44. The van der Waals surface area contributed by atoms with E-state index in [1.54, 1.807) is 12.4 Å². The highest BCUT2D eigenvalue weighted by molar-refractivity contribution is 9.10. The van der Waals surface area contributed by atoms with Crippen molar-refractivity contribution in [1.29, 1.82) is 0 Å². The fourth-order valence-electron chi connectivity index (χ4n) is 1.45. The second kappa shape index (κ2) is 4.61. The van der Waals surface area contributed by atoms with Crippen LogP contribution < -0.4 is 5.32 Å². The Morgan fingerprint density at radius 3 is 2.44 bits per heavy atom. The van der Waals surface area contributed by atoms with Gasteiger partial charge in [-0.1, -0.05) is 17.7 Å². The number of nitrogens with one attached hydrogen (secondary N) is 1. The van der Waals surface area contributed by atoms with E-state index in [0.717, 1.165) is 10.2 Å². The number of benzene rings is 1. The molecule has 0 amide bonds. The number of hydrogen-bond donors (Lipinski definition) is 1. The smallest absolute Gasteiger partial charge is 0.227 e. The van der Waals surface area contributed by atoms with Crippen LogP contribution in [0.5, 0.6) is 0 Å². The van der Waals surface area contributed by atoms with Crippen LogP contribution in [0.1, 0.15) is 11.1 Å². The summed E-state index contributed by atoms with van der Waals surface area (Å²) in [5.74, 6) is 0.607. The van der Waals surface area contributed by atoms with Crippen LogP contribution in [0.3, 0.4) is 0 Å². The van der Waals surface area contributed by atoms with Gasteiger partial charge in [-0.05, 0) is 41.4 Å². The molecule has 0 aliphatic heterocycles. The maximum absolute atomic E-state index is 4.17. The summed E-state index contributed by atoms with van der Waals surface area (Å²) in [5.41, 5.74) is 3.47. The van der Waals surface area contributed by atoms with Gasteiger partial charge in [0.05, 0.1) is 4.47 Å². The lowest BCUT2D eigenvalue weighted by atomic mass is 10.1. The van der Waals surface area contributed by atoms with Crippen molar-refractivity contribution >= 4 is 27.6 Å². The van der Waals surface area contributed by atoms with E-state index in [0.29, 0.717) is 5.95 Å². The van der Waals surface area contributed by atoms with E-state index >= 15 is 0 Å². The van der Waals surface area contributed by atoms with Crippen molar-refractivity contribution in [2.45, 2.75) is 13.8 Å². The zero-order valence-corrected chi connectivity index (χ0v) is 10.7. The van der Waals surface area contributed by atoms with Crippen molar-refractivity contribution in [2.24, 2.45) is 0 Å². The van der Waals surface area contributed by atoms with Crippen LogP contribution in [-0.4, -0.2) is 9.97 Å². The summed E-state index contributed by atoms with van der Waals surface area (Å²) in [4.78, 5) is 8.34. The second-order valence-corrected chi connectivity index (χ2v) is 4.58. The lowest BCUT2D eigenvalue weighted by Crippen LogP contribution is -1.98. The van der Waals surface area contributed by atoms with Gasteiger partial charge in [0.1, 0.15) is 0 Å².